The molecule has 1 spiro atoms. The molecule has 12 heteroatoms. The first-order valence-corrected chi connectivity index (χ1v) is 16.6. The van der Waals surface area contributed by atoms with Gasteiger partial charge in [0.15, 0.2) is 5.13 Å². The molecule has 2 aromatic carbocycles. The highest BCUT2D eigenvalue weighted by Crippen LogP contribution is 2.36. The molecule has 1 aromatic heterocycles. The van der Waals surface area contributed by atoms with Crippen LogP contribution >= 0.6 is 11.3 Å². The first-order valence-electron chi connectivity index (χ1n) is 14.4. The molecule has 0 saturated carbocycles. The number of hydrogen-bond acceptors (Lipinski definition) is 8. The molecule has 2 aliphatic heterocycles. The number of sulfonamides is 1. The standard InChI is InChI=1S/C30H39N5O5S2/c1-20(2)14-24-17-40-30(19-35(24)42(38,39)25-9-6-21(3)7-10-25)12-5-13-34(18-30)16-28(37)33-29-32-26-11-8-23(31-22(4)36)15-27(26)41-29/h6-11,15,20,24H,5,12-14,16-19H2,1-4H3,(H,31,36)(H,32,33,37)/t24-,30-/m0/s1. The van der Waals surface area contributed by atoms with E-state index in [9.17, 15) is 18.0 Å². The number of fused-ring (bicyclic) bond motifs is 1. The maximum absolute atomic E-state index is 13.9. The molecule has 2 fully saturated rings. The molecule has 2 amide bonds. The van der Waals surface area contributed by atoms with Gasteiger partial charge in [0.25, 0.3) is 0 Å². The van der Waals surface area contributed by atoms with Gasteiger partial charge < -0.3 is 15.4 Å². The number of anilines is 2. The molecule has 2 saturated heterocycles. The second-order valence-electron chi connectivity index (χ2n) is 11.9. The number of amides is 2. The van der Waals surface area contributed by atoms with E-state index in [0.29, 0.717) is 41.2 Å². The molecule has 0 radical (unpaired) electrons. The molecule has 0 aliphatic carbocycles. The van der Waals surface area contributed by atoms with Crippen LogP contribution in [0.4, 0.5) is 10.8 Å². The third kappa shape index (κ3) is 7.00. The number of nitrogens with one attached hydrogen (secondary N) is 2. The lowest BCUT2D eigenvalue weighted by Gasteiger charge is -2.50. The molecule has 3 aromatic rings. The highest BCUT2D eigenvalue weighted by molar-refractivity contribution is 7.89. The van der Waals surface area contributed by atoms with Gasteiger partial charge in [0.05, 0.1) is 33.9 Å². The van der Waals surface area contributed by atoms with Crippen molar-refractivity contribution in [1.29, 1.82) is 0 Å². The molecule has 226 valence electrons. The van der Waals surface area contributed by atoms with Gasteiger partial charge in [0.1, 0.15) is 0 Å². The van der Waals surface area contributed by atoms with Crippen LogP contribution in [0.5, 0.6) is 0 Å². The lowest BCUT2D eigenvalue weighted by Crippen LogP contribution is -2.64. The van der Waals surface area contributed by atoms with Gasteiger partial charge >= 0.3 is 0 Å². The fourth-order valence-electron chi connectivity index (χ4n) is 5.86. The number of hydrogen-bond donors (Lipinski definition) is 2. The third-order valence-electron chi connectivity index (χ3n) is 7.75. The summed E-state index contributed by atoms with van der Waals surface area (Å²) in [6.45, 7) is 9.50. The van der Waals surface area contributed by atoms with Crippen LogP contribution in [0.15, 0.2) is 47.4 Å². The Kier molecular flexibility index (Phi) is 9.00. The molecule has 2 aliphatic rings. The summed E-state index contributed by atoms with van der Waals surface area (Å²) < 4.78 is 36.8. The second-order valence-corrected chi connectivity index (χ2v) is 14.8. The summed E-state index contributed by atoms with van der Waals surface area (Å²) in [7, 11) is -3.73. The van der Waals surface area contributed by atoms with E-state index in [1.165, 1.54) is 18.3 Å². The average molecular weight is 614 g/mol. The number of thiazole rings is 1. The number of rotatable bonds is 8. The molecule has 42 heavy (non-hydrogen) atoms. The van der Waals surface area contributed by atoms with Gasteiger partial charge in [0.2, 0.25) is 21.8 Å². The number of carbonyl (C=O) groups excluding carboxylic acids is 2. The van der Waals surface area contributed by atoms with Gasteiger partial charge in [-0.05, 0) is 69.0 Å². The molecule has 0 bridgehead atoms. The monoisotopic (exact) mass is 613 g/mol. The van der Waals surface area contributed by atoms with Crippen LogP contribution in [0.2, 0.25) is 0 Å². The van der Waals surface area contributed by atoms with E-state index in [4.69, 9.17) is 4.74 Å². The second kappa shape index (κ2) is 12.4. The van der Waals surface area contributed by atoms with E-state index in [1.54, 1.807) is 22.5 Å². The number of nitrogens with zero attached hydrogens (tertiary/aromatic N) is 3. The number of carbonyl (C=O) groups is 2. The molecular formula is C30H39N5O5S2. The van der Waals surface area contributed by atoms with E-state index in [2.05, 4.69) is 29.5 Å². The van der Waals surface area contributed by atoms with Crippen molar-refractivity contribution in [3.63, 3.8) is 0 Å². The summed E-state index contributed by atoms with van der Waals surface area (Å²) in [5.74, 6) is -0.0276. The zero-order valence-electron chi connectivity index (χ0n) is 24.6. The van der Waals surface area contributed by atoms with Crippen molar-refractivity contribution in [2.75, 3.05) is 43.4 Å². The number of aryl methyl sites for hydroxylation is 1. The van der Waals surface area contributed by atoms with Crippen molar-refractivity contribution in [2.24, 2.45) is 5.92 Å². The molecule has 2 N–H and O–H groups in total. The fraction of sp³-hybridized carbons (Fsp3) is 0.500. The zero-order valence-corrected chi connectivity index (χ0v) is 26.2. The Bertz CT molecular complexity index is 1560. The first-order chi connectivity index (χ1) is 19.9. The normalized spacial score (nSPS) is 22.1. The molecule has 3 heterocycles. The summed E-state index contributed by atoms with van der Waals surface area (Å²) in [4.78, 5) is 31.3. The quantitative estimate of drug-likeness (QED) is 0.385. The molecule has 10 nitrogen and oxygen atoms in total. The number of benzene rings is 2. The first kappa shape index (κ1) is 30.6. The smallest absolute Gasteiger partial charge is 0.243 e. The summed E-state index contributed by atoms with van der Waals surface area (Å²) in [5, 5.41) is 6.16. The highest BCUT2D eigenvalue weighted by Gasteiger charge is 2.47. The van der Waals surface area contributed by atoms with Crippen LogP contribution in [-0.2, 0) is 24.3 Å². The van der Waals surface area contributed by atoms with Crippen molar-refractivity contribution in [3.05, 3.63) is 48.0 Å². The van der Waals surface area contributed by atoms with Crippen LogP contribution in [0, 0.1) is 12.8 Å². The van der Waals surface area contributed by atoms with Crippen molar-refractivity contribution >= 4 is 54.2 Å². The van der Waals surface area contributed by atoms with Crippen LogP contribution in [0.1, 0.15) is 45.6 Å². The third-order valence-corrected chi connectivity index (χ3v) is 10.6. The maximum Gasteiger partial charge on any atom is 0.243 e. The Morgan fingerprint density at radius 1 is 1.14 bits per heavy atom. The maximum atomic E-state index is 13.9. The van der Waals surface area contributed by atoms with Gasteiger partial charge in [-0.3, -0.25) is 14.5 Å². The van der Waals surface area contributed by atoms with Crippen LogP contribution in [0.3, 0.4) is 0 Å². The number of likely N-dealkylation sites (tertiary alicyclic amines) is 1. The number of ether oxygens (including phenoxy) is 1. The van der Waals surface area contributed by atoms with Crippen LogP contribution < -0.4 is 10.6 Å². The molecule has 2 atom stereocenters. The Morgan fingerprint density at radius 3 is 2.62 bits per heavy atom. The largest absolute Gasteiger partial charge is 0.371 e. The predicted octanol–water partition coefficient (Wildman–Crippen LogP) is 4.47. The lowest BCUT2D eigenvalue weighted by atomic mass is 9.89. The van der Waals surface area contributed by atoms with Crippen molar-refractivity contribution in [1.82, 2.24) is 14.2 Å². The SMILES string of the molecule is CC(=O)Nc1ccc2nc(NC(=O)CN3CCC[C@]4(C3)CN(S(=O)(=O)c3ccc(C)cc3)[C@@H](CC(C)C)CO4)sc2c1. The van der Waals surface area contributed by atoms with Gasteiger partial charge in [-0.1, -0.05) is 42.9 Å². The Balaban J connectivity index is 1.28. The van der Waals surface area contributed by atoms with E-state index in [1.807, 2.05) is 36.1 Å². The lowest BCUT2D eigenvalue weighted by molar-refractivity contribution is -0.146. The molecular weight excluding hydrogens is 574 g/mol. The minimum atomic E-state index is -3.73. The molecule has 0 unspecified atom stereocenters. The Morgan fingerprint density at radius 2 is 1.90 bits per heavy atom. The van der Waals surface area contributed by atoms with Crippen molar-refractivity contribution in [3.8, 4) is 0 Å². The number of piperidine rings is 1. The predicted molar refractivity (Wildman–Crippen MR) is 165 cm³/mol. The van der Waals surface area contributed by atoms with Crippen LogP contribution in [0.25, 0.3) is 10.2 Å². The summed E-state index contributed by atoms with van der Waals surface area (Å²) in [6, 6.07) is 12.2. The van der Waals surface area contributed by atoms with E-state index < -0.39 is 15.6 Å². The number of aromatic nitrogens is 1. The number of morpholine rings is 1. The zero-order chi connectivity index (χ0) is 30.1. The minimum Gasteiger partial charge on any atom is -0.371 e. The highest BCUT2D eigenvalue weighted by atomic mass is 32.2. The van der Waals surface area contributed by atoms with Gasteiger partial charge in [-0.15, -0.1) is 0 Å². The summed E-state index contributed by atoms with van der Waals surface area (Å²) in [6.07, 6.45) is 2.24. The summed E-state index contributed by atoms with van der Waals surface area (Å²) in [5.41, 5.74) is 1.74. The Labute approximate surface area is 251 Å². The van der Waals surface area contributed by atoms with E-state index >= 15 is 0 Å². The molecule has 5 rings (SSSR count). The van der Waals surface area contributed by atoms with Gasteiger partial charge in [-0.2, -0.15) is 4.31 Å². The average Bonchev–Trinajstić information content (AvgIpc) is 3.31. The van der Waals surface area contributed by atoms with Crippen LogP contribution in [-0.4, -0.2) is 78.9 Å². The summed E-state index contributed by atoms with van der Waals surface area (Å²) >= 11 is 1.35. The topological polar surface area (TPSA) is 121 Å². The van der Waals surface area contributed by atoms with Crippen molar-refractivity contribution in [2.45, 2.75) is 63.5 Å². The fourth-order valence-corrected chi connectivity index (χ4v) is 8.48. The Hall–Kier alpha value is -2.90. The van der Waals surface area contributed by atoms with Gasteiger partial charge in [0, 0.05) is 31.7 Å². The van der Waals surface area contributed by atoms with E-state index in [-0.39, 0.29) is 30.9 Å². The minimum absolute atomic E-state index is 0.151. The van der Waals surface area contributed by atoms with Gasteiger partial charge in [-0.25, -0.2) is 13.4 Å². The van der Waals surface area contributed by atoms with Crippen molar-refractivity contribution < 1.29 is 22.7 Å². The van der Waals surface area contributed by atoms with E-state index in [0.717, 1.165) is 35.2 Å².